The van der Waals surface area contributed by atoms with E-state index in [1.54, 1.807) is 0 Å². The number of aliphatic hydroxyl groups excluding tert-OH is 1. The summed E-state index contributed by atoms with van der Waals surface area (Å²) in [4.78, 5) is 0. The third-order valence-electron chi connectivity index (χ3n) is 3.75. The molecule has 0 spiro atoms. The lowest BCUT2D eigenvalue weighted by Gasteiger charge is -2.23. The van der Waals surface area contributed by atoms with Crippen LogP contribution in [0.25, 0.3) is 0 Å². The van der Waals surface area contributed by atoms with Gasteiger partial charge in [0.15, 0.2) is 0 Å². The molecule has 1 N–H and O–H groups in total. The SMILES string of the molecule is CCCCC#C[C@]12C[C@H]1CCC[C@H]2O. The van der Waals surface area contributed by atoms with Gasteiger partial charge in [-0.15, -0.1) is 5.92 Å². The molecular weight excluding hydrogens is 172 g/mol. The summed E-state index contributed by atoms with van der Waals surface area (Å²) in [5.41, 5.74) is 0.0476. The zero-order chi connectivity index (χ0) is 10.0. The van der Waals surface area contributed by atoms with Crippen LogP contribution in [0.1, 0.15) is 51.9 Å². The minimum Gasteiger partial charge on any atom is -0.392 e. The van der Waals surface area contributed by atoms with Crippen molar-refractivity contribution in [2.45, 2.75) is 58.0 Å². The number of fused-ring (bicyclic) bond motifs is 1. The minimum atomic E-state index is -0.129. The van der Waals surface area contributed by atoms with Crippen molar-refractivity contribution in [1.29, 1.82) is 0 Å². The highest BCUT2D eigenvalue weighted by Crippen LogP contribution is 2.60. The van der Waals surface area contributed by atoms with Crippen molar-refractivity contribution in [2.75, 3.05) is 0 Å². The summed E-state index contributed by atoms with van der Waals surface area (Å²) < 4.78 is 0. The molecule has 0 aromatic heterocycles. The monoisotopic (exact) mass is 192 g/mol. The molecule has 14 heavy (non-hydrogen) atoms. The molecule has 0 aliphatic heterocycles. The summed E-state index contributed by atoms with van der Waals surface area (Å²) in [5, 5.41) is 9.92. The number of hydrogen-bond donors (Lipinski definition) is 1. The topological polar surface area (TPSA) is 20.2 Å². The van der Waals surface area contributed by atoms with Crippen molar-refractivity contribution < 1.29 is 5.11 Å². The van der Waals surface area contributed by atoms with Crippen LogP contribution < -0.4 is 0 Å². The smallest absolute Gasteiger partial charge is 0.0708 e. The molecule has 0 heterocycles. The molecule has 78 valence electrons. The van der Waals surface area contributed by atoms with Gasteiger partial charge in [-0.2, -0.15) is 0 Å². The van der Waals surface area contributed by atoms with Crippen molar-refractivity contribution in [3.63, 3.8) is 0 Å². The van der Waals surface area contributed by atoms with Gasteiger partial charge in [0.2, 0.25) is 0 Å². The second kappa shape index (κ2) is 3.95. The van der Waals surface area contributed by atoms with Gasteiger partial charge in [0.05, 0.1) is 11.5 Å². The van der Waals surface area contributed by atoms with E-state index in [9.17, 15) is 5.11 Å². The normalized spacial score (nSPS) is 39.6. The number of unbranched alkanes of at least 4 members (excludes halogenated alkanes) is 2. The molecule has 0 saturated heterocycles. The Hall–Kier alpha value is -0.480. The maximum Gasteiger partial charge on any atom is 0.0708 e. The predicted octanol–water partition coefficient (Wildman–Crippen LogP) is 2.73. The average molecular weight is 192 g/mol. The first kappa shape index (κ1) is 10.1. The molecule has 0 aromatic rings. The highest BCUT2D eigenvalue weighted by Gasteiger charge is 2.59. The van der Waals surface area contributed by atoms with Gasteiger partial charge in [-0.25, -0.2) is 0 Å². The maximum absolute atomic E-state index is 9.92. The van der Waals surface area contributed by atoms with Gasteiger partial charge in [-0.3, -0.25) is 0 Å². The van der Waals surface area contributed by atoms with Gasteiger partial charge in [0.1, 0.15) is 0 Å². The fourth-order valence-electron chi connectivity index (χ4n) is 2.66. The Bertz CT molecular complexity index is 260. The van der Waals surface area contributed by atoms with E-state index in [0.717, 1.165) is 25.2 Å². The van der Waals surface area contributed by atoms with E-state index in [4.69, 9.17) is 0 Å². The Morgan fingerprint density at radius 2 is 2.29 bits per heavy atom. The largest absolute Gasteiger partial charge is 0.392 e. The Labute approximate surface area is 86.9 Å². The van der Waals surface area contributed by atoms with E-state index in [2.05, 4.69) is 18.8 Å². The summed E-state index contributed by atoms with van der Waals surface area (Å²) in [6.07, 6.45) is 7.92. The quantitative estimate of drug-likeness (QED) is 0.527. The Morgan fingerprint density at radius 3 is 3.00 bits per heavy atom. The van der Waals surface area contributed by atoms with Crippen LogP contribution in [0, 0.1) is 23.2 Å². The van der Waals surface area contributed by atoms with Crippen LogP contribution in [0.3, 0.4) is 0 Å². The lowest BCUT2D eigenvalue weighted by atomic mass is 9.86. The third-order valence-corrected chi connectivity index (χ3v) is 3.75. The van der Waals surface area contributed by atoms with Gasteiger partial charge in [0.25, 0.3) is 0 Å². The van der Waals surface area contributed by atoms with E-state index in [1.807, 2.05) is 0 Å². The van der Waals surface area contributed by atoms with Crippen LogP contribution in [0.4, 0.5) is 0 Å². The molecule has 2 aliphatic rings. The first-order valence-electron chi connectivity index (χ1n) is 5.97. The molecule has 0 aromatic carbocycles. The first-order chi connectivity index (χ1) is 6.79. The van der Waals surface area contributed by atoms with Gasteiger partial charge in [-0.05, 0) is 31.6 Å². The molecule has 2 rings (SSSR count). The standard InChI is InChI=1S/C13H20O/c1-2-3-4-5-9-13-10-11(13)7-6-8-12(13)14/h11-12,14H,2-4,6-8,10H2,1H3/t11-,12-,13+/m1/s1. The molecule has 2 saturated carbocycles. The van der Waals surface area contributed by atoms with Crippen molar-refractivity contribution in [3.05, 3.63) is 0 Å². The van der Waals surface area contributed by atoms with E-state index in [-0.39, 0.29) is 11.5 Å². The highest BCUT2D eigenvalue weighted by molar-refractivity contribution is 5.27. The molecule has 1 heteroatoms. The summed E-state index contributed by atoms with van der Waals surface area (Å²) in [7, 11) is 0. The molecular formula is C13H20O. The van der Waals surface area contributed by atoms with Gasteiger partial charge in [0, 0.05) is 6.42 Å². The van der Waals surface area contributed by atoms with Crippen LogP contribution >= 0.6 is 0 Å². The minimum absolute atomic E-state index is 0.0476. The van der Waals surface area contributed by atoms with E-state index < -0.39 is 0 Å². The zero-order valence-electron chi connectivity index (χ0n) is 9.05. The maximum atomic E-state index is 9.92. The lowest BCUT2D eigenvalue weighted by molar-refractivity contribution is 0.0848. The molecule has 2 aliphatic carbocycles. The summed E-state index contributed by atoms with van der Waals surface area (Å²) in [6.45, 7) is 2.19. The third kappa shape index (κ3) is 1.68. The van der Waals surface area contributed by atoms with Gasteiger partial charge >= 0.3 is 0 Å². The number of hydrogen-bond acceptors (Lipinski definition) is 1. The Balaban J connectivity index is 1.92. The summed E-state index contributed by atoms with van der Waals surface area (Å²) in [6, 6.07) is 0. The second-order valence-electron chi connectivity index (χ2n) is 4.79. The van der Waals surface area contributed by atoms with Crippen LogP contribution in [0.2, 0.25) is 0 Å². The van der Waals surface area contributed by atoms with Crippen LogP contribution in [0.15, 0.2) is 0 Å². The fraction of sp³-hybridized carbons (Fsp3) is 0.846. The van der Waals surface area contributed by atoms with Gasteiger partial charge in [-0.1, -0.05) is 25.7 Å². The van der Waals surface area contributed by atoms with Crippen molar-refractivity contribution >= 4 is 0 Å². The predicted molar refractivity (Wildman–Crippen MR) is 57.7 cm³/mol. The molecule has 1 nitrogen and oxygen atoms in total. The van der Waals surface area contributed by atoms with Crippen molar-refractivity contribution in [1.82, 2.24) is 0 Å². The average Bonchev–Trinajstić information content (AvgIpc) is 2.89. The van der Waals surface area contributed by atoms with E-state index in [1.165, 1.54) is 25.7 Å². The molecule has 0 unspecified atom stereocenters. The second-order valence-corrected chi connectivity index (χ2v) is 4.79. The van der Waals surface area contributed by atoms with Gasteiger partial charge < -0.3 is 5.11 Å². The molecule has 3 atom stereocenters. The zero-order valence-corrected chi connectivity index (χ0v) is 9.05. The molecule has 0 amide bonds. The molecule has 0 bridgehead atoms. The number of aliphatic hydroxyl groups is 1. The van der Waals surface area contributed by atoms with E-state index >= 15 is 0 Å². The summed E-state index contributed by atoms with van der Waals surface area (Å²) >= 11 is 0. The summed E-state index contributed by atoms with van der Waals surface area (Å²) in [5.74, 6) is 7.34. The fourth-order valence-corrected chi connectivity index (χ4v) is 2.66. The lowest BCUT2D eigenvalue weighted by Crippen LogP contribution is -2.25. The molecule has 2 fully saturated rings. The first-order valence-corrected chi connectivity index (χ1v) is 5.97. The van der Waals surface area contributed by atoms with Crippen LogP contribution in [-0.4, -0.2) is 11.2 Å². The molecule has 0 radical (unpaired) electrons. The van der Waals surface area contributed by atoms with Crippen LogP contribution in [-0.2, 0) is 0 Å². The highest BCUT2D eigenvalue weighted by atomic mass is 16.3. The van der Waals surface area contributed by atoms with Crippen LogP contribution in [0.5, 0.6) is 0 Å². The van der Waals surface area contributed by atoms with Crippen molar-refractivity contribution in [2.24, 2.45) is 11.3 Å². The number of rotatable bonds is 2. The Kier molecular flexibility index (Phi) is 2.83. The van der Waals surface area contributed by atoms with Crippen molar-refractivity contribution in [3.8, 4) is 11.8 Å². The van der Waals surface area contributed by atoms with E-state index in [0.29, 0.717) is 0 Å². The Morgan fingerprint density at radius 1 is 1.43 bits per heavy atom.